The normalized spacial score (nSPS) is 10.7. The molecule has 0 amide bonds. The molecule has 5 heteroatoms. The van der Waals surface area contributed by atoms with Crippen molar-refractivity contribution in [2.45, 2.75) is 26.7 Å². The van der Waals surface area contributed by atoms with E-state index in [-0.39, 0.29) is 25.3 Å². The fourth-order valence-electron chi connectivity index (χ4n) is 1.79. The second-order valence-electron chi connectivity index (χ2n) is 4.70. The molecule has 0 heterocycles. The van der Waals surface area contributed by atoms with Crippen molar-refractivity contribution in [3.8, 4) is 11.5 Å². The molecular weight excluding hydrogens is 260 g/mol. The third kappa shape index (κ3) is 4.21. The van der Waals surface area contributed by atoms with Gasteiger partial charge in [-0.3, -0.25) is 4.79 Å². The molecule has 0 N–H and O–H groups in total. The summed E-state index contributed by atoms with van der Waals surface area (Å²) in [6.45, 7) is 5.80. The van der Waals surface area contributed by atoms with Gasteiger partial charge in [0.25, 0.3) is 0 Å². The van der Waals surface area contributed by atoms with Gasteiger partial charge in [-0.2, -0.15) is 0 Å². The zero-order valence-electron chi connectivity index (χ0n) is 12.7. The fourth-order valence-corrected chi connectivity index (χ4v) is 1.79. The van der Waals surface area contributed by atoms with Crippen molar-refractivity contribution >= 4 is 5.78 Å². The molecule has 112 valence electrons. The molecule has 0 saturated carbocycles. The summed E-state index contributed by atoms with van der Waals surface area (Å²) in [6, 6.07) is 3.52. The molecule has 1 rings (SSSR count). The SMILES string of the molecule is COCOc1cc(OCOC)c(C(C)C)cc1C(C)=O. The summed E-state index contributed by atoms with van der Waals surface area (Å²) in [6.07, 6.45) is 0. The van der Waals surface area contributed by atoms with Crippen LogP contribution in [-0.2, 0) is 9.47 Å². The third-order valence-corrected chi connectivity index (χ3v) is 2.78. The van der Waals surface area contributed by atoms with Gasteiger partial charge in [-0.25, -0.2) is 0 Å². The summed E-state index contributed by atoms with van der Waals surface area (Å²) in [7, 11) is 3.08. The minimum Gasteiger partial charge on any atom is -0.467 e. The van der Waals surface area contributed by atoms with Crippen molar-refractivity contribution < 1.29 is 23.7 Å². The molecule has 1 aromatic carbocycles. The van der Waals surface area contributed by atoms with Crippen LogP contribution in [0.3, 0.4) is 0 Å². The highest BCUT2D eigenvalue weighted by Gasteiger charge is 2.17. The number of hydrogen-bond acceptors (Lipinski definition) is 5. The van der Waals surface area contributed by atoms with E-state index in [1.54, 1.807) is 13.2 Å². The molecule has 0 fully saturated rings. The van der Waals surface area contributed by atoms with Crippen molar-refractivity contribution in [3.63, 3.8) is 0 Å². The highest BCUT2D eigenvalue weighted by molar-refractivity contribution is 5.97. The molecule has 0 aliphatic heterocycles. The first-order chi connectivity index (χ1) is 9.51. The molecule has 0 aliphatic rings. The zero-order valence-corrected chi connectivity index (χ0v) is 12.7. The Morgan fingerprint density at radius 1 is 1.05 bits per heavy atom. The first kappa shape index (κ1) is 16.5. The highest BCUT2D eigenvalue weighted by Crippen LogP contribution is 2.34. The van der Waals surface area contributed by atoms with E-state index < -0.39 is 0 Å². The lowest BCUT2D eigenvalue weighted by atomic mass is 9.97. The van der Waals surface area contributed by atoms with E-state index in [2.05, 4.69) is 0 Å². The molecule has 1 aromatic rings. The second-order valence-corrected chi connectivity index (χ2v) is 4.70. The van der Waals surface area contributed by atoms with E-state index in [1.807, 2.05) is 19.9 Å². The van der Waals surface area contributed by atoms with Crippen LogP contribution in [0.25, 0.3) is 0 Å². The first-order valence-corrected chi connectivity index (χ1v) is 6.43. The average molecular weight is 282 g/mol. The maximum Gasteiger partial charge on any atom is 0.188 e. The van der Waals surface area contributed by atoms with Crippen LogP contribution in [0.4, 0.5) is 0 Å². The van der Waals surface area contributed by atoms with Crippen LogP contribution in [0.1, 0.15) is 42.6 Å². The van der Waals surface area contributed by atoms with Crippen LogP contribution < -0.4 is 9.47 Å². The number of Topliss-reactive ketones (excluding diaryl/α,β-unsaturated/α-hetero) is 1. The number of rotatable bonds is 8. The molecule has 0 spiro atoms. The maximum atomic E-state index is 11.7. The van der Waals surface area contributed by atoms with Gasteiger partial charge in [-0.15, -0.1) is 0 Å². The number of ether oxygens (including phenoxy) is 4. The summed E-state index contributed by atoms with van der Waals surface area (Å²) in [5.74, 6) is 1.26. The minimum absolute atomic E-state index is 0.0590. The van der Waals surface area contributed by atoms with Crippen molar-refractivity contribution in [1.29, 1.82) is 0 Å². The molecule has 0 atom stereocenters. The van der Waals surface area contributed by atoms with Gasteiger partial charge in [0.05, 0.1) is 5.56 Å². The molecule has 0 radical (unpaired) electrons. The fraction of sp³-hybridized carbons (Fsp3) is 0.533. The summed E-state index contributed by atoms with van der Waals surface area (Å²) >= 11 is 0. The van der Waals surface area contributed by atoms with Crippen LogP contribution in [-0.4, -0.2) is 33.6 Å². The van der Waals surface area contributed by atoms with Gasteiger partial charge in [0.2, 0.25) is 0 Å². The Hall–Kier alpha value is -1.59. The second kappa shape index (κ2) is 7.87. The number of hydrogen-bond donors (Lipinski definition) is 0. The van der Waals surface area contributed by atoms with Crippen molar-refractivity contribution in [1.82, 2.24) is 0 Å². The minimum atomic E-state index is -0.0590. The van der Waals surface area contributed by atoms with E-state index in [9.17, 15) is 4.79 Å². The average Bonchev–Trinajstić information content (AvgIpc) is 2.41. The van der Waals surface area contributed by atoms with Crippen LogP contribution in [0.15, 0.2) is 12.1 Å². The Morgan fingerprint density at radius 3 is 2.05 bits per heavy atom. The van der Waals surface area contributed by atoms with E-state index in [0.717, 1.165) is 5.56 Å². The van der Waals surface area contributed by atoms with Gasteiger partial charge in [-0.05, 0) is 24.5 Å². The topological polar surface area (TPSA) is 54.0 Å². The van der Waals surface area contributed by atoms with Crippen LogP contribution in [0.2, 0.25) is 0 Å². The Kier molecular flexibility index (Phi) is 6.48. The molecule has 0 saturated heterocycles. The first-order valence-electron chi connectivity index (χ1n) is 6.43. The number of carbonyl (C=O) groups is 1. The van der Waals surface area contributed by atoms with Gasteiger partial charge >= 0.3 is 0 Å². The molecule has 0 bridgehead atoms. The summed E-state index contributed by atoms with van der Waals surface area (Å²) in [5.41, 5.74) is 1.47. The Morgan fingerprint density at radius 2 is 1.60 bits per heavy atom. The molecule has 0 unspecified atom stereocenters. The lowest BCUT2D eigenvalue weighted by Crippen LogP contribution is -2.08. The van der Waals surface area contributed by atoms with Gasteiger partial charge < -0.3 is 18.9 Å². The maximum absolute atomic E-state index is 11.7. The van der Waals surface area contributed by atoms with Gasteiger partial charge in [0.15, 0.2) is 19.4 Å². The number of methoxy groups -OCH3 is 2. The van der Waals surface area contributed by atoms with E-state index >= 15 is 0 Å². The monoisotopic (exact) mass is 282 g/mol. The Balaban J connectivity index is 3.23. The van der Waals surface area contributed by atoms with Crippen molar-refractivity contribution in [2.24, 2.45) is 0 Å². The zero-order chi connectivity index (χ0) is 15.1. The van der Waals surface area contributed by atoms with E-state index in [0.29, 0.717) is 17.1 Å². The third-order valence-electron chi connectivity index (χ3n) is 2.78. The molecule has 0 aromatic heterocycles. The predicted octanol–water partition coefficient (Wildman–Crippen LogP) is 2.98. The van der Waals surface area contributed by atoms with Crippen LogP contribution in [0.5, 0.6) is 11.5 Å². The number of carbonyl (C=O) groups excluding carboxylic acids is 1. The van der Waals surface area contributed by atoms with Gasteiger partial charge in [0, 0.05) is 20.3 Å². The van der Waals surface area contributed by atoms with Crippen molar-refractivity contribution in [2.75, 3.05) is 27.8 Å². The lowest BCUT2D eigenvalue weighted by Gasteiger charge is -2.17. The summed E-state index contributed by atoms with van der Waals surface area (Å²) < 4.78 is 20.8. The molecular formula is C15H22O5. The van der Waals surface area contributed by atoms with Crippen LogP contribution >= 0.6 is 0 Å². The summed E-state index contributed by atoms with van der Waals surface area (Å²) in [4.78, 5) is 11.7. The lowest BCUT2D eigenvalue weighted by molar-refractivity contribution is 0.0450. The van der Waals surface area contributed by atoms with E-state index in [4.69, 9.17) is 18.9 Å². The van der Waals surface area contributed by atoms with Gasteiger partial charge in [-0.1, -0.05) is 13.8 Å². The Bertz CT molecular complexity index is 454. The molecule has 0 aliphatic carbocycles. The predicted molar refractivity (Wildman–Crippen MR) is 75.5 cm³/mol. The number of ketones is 1. The largest absolute Gasteiger partial charge is 0.467 e. The van der Waals surface area contributed by atoms with Gasteiger partial charge in [0.1, 0.15) is 11.5 Å². The van der Waals surface area contributed by atoms with Crippen molar-refractivity contribution in [3.05, 3.63) is 23.3 Å². The summed E-state index contributed by atoms with van der Waals surface area (Å²) in [5, 5.41) is 0. The quantitative estimate of drug-likeness (QED) is 0.542. The molecule has 5 nitrogen and oxygen atoms in total. The van der Waals surface area contributed by atoms with E-state index in [1.165, 1.54) is 14.0 Å². The Labute approximate surface area is 119 Å². The number of benzene rings is 1. The molecule has 20 heavy (non-hydrogen) atoms. The standard InChI is InChI=1S/C15H22O5/c1-10(2)12-6-13(11(3)16)15(20-9-18-5)7-14(12)19-8-17-4/h6-7,10H,8-9H2,1-5H3. The van der Waals surface area contributed by atoms with Crippen LogP contribution in [0, 0.1) is 0 Å². The highest BCUT2D eigenvalue weighted by atomic mass is 16.7. The smallest absolute Gasteiger partial charge is 0.188 e.